The third-order valence-corrected chi connectivity index (χ3v) is 2.27. The molecule has 6 heteroatoms. The Balaban J connectivity index is 2.37. The van der Waals surface area contributed by atoms with Crippen LogP contribution in [0, 0.1) is 6.92 Å². The first-order valence-electron chi connectivity index (χ1n) is 5.24. The SMILES string of the molecule is CCOC(=O)c1nnn(-c2ccncc2)c1C. The number of hydrogen-bond donors (Lipinski definition) is 0. The molecule has 2 heterocycles. The molecule has 0 aliphatic rings. The largest absolute Gasteiger partial charge is 0.461 e. The number of nitrogens with zero attached hydrogens (tertiary/aromatic N) is 4. The highest BCUT2D eigenvalue weighted by atomic mass is 16.5. The highest BCUT2D eigenvalue weighted by molar-refractivity contribution is 5.88. The van der Waals surface area contributed by atoms with Crippen molar-refractivity contribution in [1.29, 1.82) is 0 Å². The molecule has 0 saturated carbocycles. The van der Waals surface area contributed by atoms with Gasteiger partial charge >= 0.3 is 5.97 Å². The van der Waals surface area contributed by atoms with Crippen molar-refractivity contribution in [3.8, 4) is 5.69 Å². The van der Waals surface area contributed by atoms with E-state index in [2.05, 4.69) is 15.3 Å². The smallest absolute Gasteiger partial charge is 0.360 e. The molecule has 0 spiro atoms. The molecule has 0 aliphatic carbocycles. The second kappa shape index (κ2) is 4.73. The molecular formula is C11H12N4O2. The van der Waals surface area contributed by atoms with Crippen LogP contribution in [-0.4, -0.2) is 32.6 Å². The van der Waals surface area contributed by atoms with Gasteiger partial charge < -0.3 is 4.74 Å². The van der Waals surface area contributed by atoms with Gasteiger partial charge in [0.2, 0.25) is 0 Å². The molecular weight excluding hydrogens is 220 g/mol. The van der Waals surface area contributed by atoms with E-state index in [-0.39, 0.29) is 5.69 Å². The molecule has 2 rings (SSSR count). The Morgan fingerprint density at radius 2 is 2.12 bits per heavy atom. The Morgan fingerprint density at radius 1 is 1.41 bits per heavy atom. The first-order chi connectivity index (χ1) is 8.24. The van der Waals surface area contributed by atoms with Crippen molar-refractivity contribution in [3.05, 3.63) is 35.9 Å². The Hall–Kier alpha value is -2.24. The van der Waals surface area contributed by atoms with Crippen LogP contribution in [0.2, 0.25) is 0 Å². The van der Waals surface area contributed by atoms with E-state index in [4.69, 9.17) is 4.74 Å². The molecule has 6 nitrogen and oxygen atoms in total. The molecule has 0 saturated heterocycles. The standard InChI is InChI=1S/C11H12N4O2/c1-3-17-11(16)10-8(2)15(14-13-10)9-4-6-12-7-5-9/h4-7H,3H2,1-2H3. The molecule has 2 aromatic rings. The minimum Gasteiger partial charge on any atom is -0.461 e. The van der Waals surface area contributed by atoms with Gasteiger partial charge in [0.05, 0.1) is 18.0 Å². The number of ether oxygens (including phenoxy) is 1. The van der Waals surface area contributed by atoms with Gasteiger partial charge in [0, 0.05) is 12.4 Å². The van der Waals surface area contributed by atoms with Crippen LogP contribution in [0.15, 0.2) is 24.5 Å². The van der Waals surface area contributed by atoms with Crippen molar-refractivity contribution in [2.75, 3.05) is 6.61 Å². The molecule has 0 fully saturated rings. The van der Waals surface area contributed by atoms with E-state index in [9.17, 15) is 4.79 Å². The predicted octanol–water partition coefficient (Wildman–Crippen LogP) is 1.15. The molecule has 88 valence electrons. The lowest BCUT2D eigenvalue weighted by Crippen LogP contribution is -2.07. The minimum atomic E-state index is -0.453. The molecule has 0 aromatic carbocycles. The van der Waals surface area contributed by atoms with Gasteiger partial charge in [-0.25, -0.2) is 9.48 Å². The number of pyridine rings is 1. The summed E-state index contributed by atoms with van der Waals surface area (Å²) in [5.41, 5.74) is 1.69. The summed E-state index contributed by atoms with van der Waals surface area (Å²) < 4.78 is 6.47. The van der Waals surface area contributed by atoms with Crippen LogP contribution in [0.25, 0.3) is 5.69 Å². The third-order valence-electron chi connectivity index (χ3n) is 2.27. The summed E-state index contributed by atoms with van der Waals surface area (Å²) in [6, 6.07) is 3.58. The maximum Gasteiger partial charge on any atom is 0.360 e. The van der Waals surface area contributed by atoms with Gasteiger partial charge in [-0.15, -0.1) is 5.10 Å². The molecule has 0 N–H and O–H groups in total. The summed E-state index contributed by atoms with van der Waals surface area (Å²) in [6.45, 7) is 3.84. The zero-order valence-corrected chi connectivity index (χ0v) is 9.62. The van der Waals surface area contributed by atoms with E-state index in [0.717, 1.165) is 5.69 Å². The Labute approximate surface area is 98.2 Å². The first kappa shape index (κ1) is 11.3. The number of hydrogen-bond acceptors (Lipinski definition) is 5. The summed E-state index contributed by atoms with van der Waals surface area (Å²) >= 11 is 0. The minimum absolute atomic E-state index is 0.240. The topological polar surface area (TPSA) is 69.9 Å². The predicted molar refractivity (Wildman–Crippen MR) is 59.8 cm³/mol. The van der Waals surface area contributed by atoms with Gasteiger partial charge in [-0.3, -0.25) is 4.98 Å². The van der Waals surface area contributed by atoms with Crippen molar-refractivity contribution in [2.24, 2.45) is 0 Å². The van der Waals surface area contributed by atoms with Crippen LogP contribution in [0.4, 0.5) is 0 Å². The van der Waals surface area contributed by atoms with Gasteiger partial charge in [-0.05, 0) is 26.0 Å². The Bertz CT molecular complexity index is 522. The summed E-state index contributed by atoms with van der Waals surface area (Å²) in [6.07, 6.45) is 3.31. The average Bonchev–Trinajstić information content (AvgIpc) is 2.72. The summed E-state index contributed by atoms with van der Waals surface area (Å²) in [5, 5.41) is 7.76. The third kappa shape index (κ3) is 2.15. The van der Waals surface area contributed by atoms with E-state index in [1.54, 1.807) is 43.1 Å². The van der Waals surface area contributed by atoms with Crippen molar-refractivity contribution in [1.82, 2.24) is 20.0 Å². The van der Waals surface area contributed by atoms with Crippen LogP contribution in [0.5, 0.6) is 0 Å². The summed E-state index contributed by atoms with van der Waals surface area (Å²) in [7, 11) is 0. The molecule has 17 heavy (non-hydrogen) atoms. The average molecular weight is 232 g/mol. The lowest BCUT2D eigenvalue weighted by Gasteiger charge is -2.02. The Kier molecular flexibility index (Phi) is 3.13. The molecule has 0 bridgehead atoms. The van der Waals surface area contributed by atoms with Gasteiger partial charge in [-0.1, -0.05) is 5.21 Å². The monoisotopic (exact) mass is 232 g/mol. The van der Waals surface area contributed by atoms with E-state index < -0.39 is 5.97 Å². The molecule has 0 atom stereocenters. The zero-order valence-electron chi connectivity index (χ0n) is 9.62. The van der Waals surface area contributed by atoms with Crippen molar-refractivity contribution in [3.63, 3.8) is 0 Å². The highest BCUT2D eigenvalue weighted by Gasteiger charge is 2.17. The normalized spacial score (nSPS) is 10.2. The number of carbonyl (C=O) groups is 1. The van der Waals surface area contributed by atoms with Gasteiger partial charge in [0.1, 0.15) is 0 Å². The lowest BCUT2D eigenvalue weighted by atomic mass is 10.3. The maximum atomic E-state index is 11.6. The molecule has 0 unspecified atom stereocenters. The Morgan fingerprint density at radius 3 is 2.76 bits per heavy atom. The van der Waals surface area contributed by atoms with Crippen LogP contribution in [-0.2, 0) is 4.74 Å². The van der Waals surface area contributed by atoms with E-state index in [0.29, 0.717) is 12.3 Å². The molecule has 0 amide bonds. The van der Waals surface area contributed by atoms with Crippen LogP contribution >= 0.6 is 0 Å². The molecule has 0 aliphatic heterocycles. The highest BCUT2D eigenvalue weighted by Crippen LogP contribution is 2.11. The molecule has 2 aromatic heterocycles. The zero-order chi connectivity index (χ0) is 12.3. The van der Waals surface area contributed by atoms with E-state index in [1.165, 1.54) is 0 Å². The number of aromatic nitrogens is 4. The van der Waals surface area contributed by atoms with Crippen molar-refractivity contribution < 1.29 is 9.53 Å². The van der Waals surface area contributed by atoms with E-state index in [1.807, 2.05) is 0 Å². The second-order valence-corrected chi connectivity index (χ2v) is 3.36. The summed E-state index contributed by atoms with van der Waals surface area (Å²) in [5.74, 6) is -0.453. The fourth-order valence-corrected chi connectivity index (χ4v) is 1.45. The maximum absolute atomic E-state index is 11.6. The number of esters is 1. The van der Waals surface area contributed by atoms with Crippen LogP contribution < -0.4 is 0 Å². The first-order valence-corrected chi connectivity index (χ1v) is 5.24. The quantitative estimate of drug-likeness (QED) is 0.742. The second-order valence-electron chi connectivity index (χ2n) is 3.36. The fraction of sp³-hybridized carbons (Fsp3) is 0.273. The number of rotatable bonds is 3. The van der Waals surface area contributed by atoms with Gasteiger partial charge in [0.25, 0.3) is 0 Å². The van der Waals surface area contributed by atoms with Crippen molar-refractivity contribution >= 4 is 5.97 Å². The van der Waals surface area contributed by atoms with Gasteiger partial charge in [0.15, 0.2) is 5.69 Å². The van der Waals surface area contributed by atoms with E-state index >= 15 is 0 Å². The van der Waals surface area contributed by atoms with Crippen molar-refractivity contribution in [2.45, 2.75) is 13.8 Å². The van der Waals surface area contributed by atoms with Crippen LogP contribution in [0.3, 0.4) is 0 Å². The van der Waals surface area contributed by atoms with Crippen LogP contribution in [0.1, 0.15) is 23.1 Å². The van der Waals surface area contributed by atoms with Gasteiger partial charge in [-0.2, -0.15) is 0 Å². The molecule has 0 radical (unpaired) electrons. The lowest BCUT2D eigenvalue weighted by molar-refractivity contribution is 0.0518. The summed E-state index contributed by atoms with van der Waals surface area (Å²) in [4.78, 5) is 15.5. The number of carbonyl (C=O) groups excluding carboxylic acids is 1. The fourth-order valence-electron chi connectivity index (χ4n) is 1.45.